The quantitative estimate of drug-likeness (QED) is 0.799. The van der Waals surface area contributed by atoms with Crippen molar-refractivity contribution >= 4 is 29.0 Å². The van der Waals surface area contributed by atoms with Crippen molar-refractivity contribution in [1.82, 2.24) is 4.98 Å². The van der Waals surface area contributed by atoms with E-state index in [-0.39, 0.29) is 11.7 Å². The van der Waals surface area contributed by atoms with Gasteiger partial charge in [0.25, 0.3) is 5.91 Å². The number of thiazole rings is 1. The SMILES string of the molecule is O=C(/C=C/c1cscn1)N1CCOc2cc(F)ccc21. The molecule has 1 aromatic heterocycles. The van der Waals surface area contributed by atoms with Crippen LogP contribution in [0.5, 0.6) is 5.75 Å². The molecule has 2 aromatic rings. The molecule has 0 saturated carbocycles. The minimum Gasteiger partial charge on any atom is -0.489 e. The Morgan fingerprint density at radius 1 is 1.50 bits per heavy atom. The Morgan fingerprint density at radius 2 is 2.40 bits per heavy atom. The predicted molar refractivity (Wildman–Crippen MR) is 75.4 cm³/mol. The van der Waals surface area contributed by atoms with E-state index in [0.717, 1.165) is 5.69 Å². The zero-order valence-electron chi connectivity index (χ0n) is 10.5. The summed E-state index contributed by atoms with van der Waals surface area (Å²) in [6.07, 6.45) is 3.13. The monoisotopic (exact) mass is 290 g/mol. The van der Waals surface area contributed by atoms with Gasteiger partial charge in [-0.1, -0.05) is 0 Å². The molecule has 0 unspecified atom stereocenters. The lowest BCUT2D eigenvalue weighted by molar-refractivity contribution is -0.114. The number of carbonyl (C=O) groups is 1. The lowest BCUT2D eigenvalue weighted by atomic mass is 10.2. The molecule has 1 aliphatic heterocycles. The highest BCUT2D eigenvalue weighted by Gasteiger charge is 2.22. The van der Waals surface area contributed by atoms with E-state index >= 15 is 0 Å². The number of benzene rings is 1. The highest BCUT2D eigenvalue weighted by molar-refractivity contribution is 7.07. The van der Waals surface area contributed by atoms with Gasteiger partial charge < -0.3 is 9.64 Å². The Morgan fingerprint density at radius 3 is 3.20 bits per heavy atom. The van der Waals surface area contributed by atoms with Gasteiger partial charge in [0.05, 0.1) is 23.4 Å². The largest absolute Gasteiger partial charge is 0.489 e. The van der Waals surface area contributed by atoms with Crippen LogP contribution in [0.3, 0.4) is 0 Å². The topological polar surface area (TPSA) is 42.4 Å². The van der Waals surface area contributed by atoms with Crippen molar-refractivity contribution in [2.45, 2.75) is 0 Å². The first kappa shape index (κ1) is 12.8. The summed E-state index contributed by atoms with van der Waals surface area (Å²) in [6.45, 7) is 0.797. The van der Waals surface area contributed by atoms with E-state index < -0.39 is 0 Å². The number of ether oxygens (including phenoxy) is 1. The fourth-order valence-corrected chi connectivity index (χ4v) is 2.50. The summed E-state index contributed by atoms with van der Waals surface area (Å²) < 4.78 is 18.5. The van der Waals surface area contributed by atoms with Gasteiger partial charge in [0.1, 0.15) is 18.2 Å². The maximum Gasteiger partial charge on any atom is 0.251 e. The van der Waals surface area contributed by atoms with Crippen molar-refractivity contribution < 1.29 is 13.9 Å². The number of rotatable bonds is 2. The number of carbonyl (C=O) groups excluding carboxylic acids is 1. The number of anilines is 1. The molecule has 0 N–H and O–H groups in total. The first-order valence-corrected chi connectivity index (χ1v) is 6.98. The molecule has 1 amide bonds. The van der Waals surface area contributed by atoms with Gasteiger partial charge in [-0.25, -0.2) is 9.37 Å². The number of hydrogen-bond acceptors (Lipinski definition) is 4. The van der Waals surface area contributed by atoms with Crippen LogP contribution >= 0.6 is 11.3 Å². The Kier molecular flexibility index (Phi) is 3.47. The summed E-state index contributed by atoms with van der Waals surface area (Å²) in [6, 6.07) is 4.16. The number of fused-ring (bicyclic) bond motifs is 1. The van der Waals surface area contributed by atoms with E-state index in [2.05, 4.69) is 4.98 Å². The van der Waals surface area contributed by atoms with Crippen LogP contribution in [0.25, 0.3) is 6.08 Å². The molecule has 2 heterocycles. The molecule has 3 rings (SSSR count). The van der Waals surface area contributed by atoms with Crippen LogP contribution in [-0.4, -0.2) is 24.0 Å². The molecule has 0 atom stereocenters. The van der Waals surface area contributed by atoms with E-state index in [9.17, 15) is 9.18 Å². The maximum atomic E-state index is 13.2. The molecule has 1 aromatic carbocycles. The molecule has 0 radical (unpaired) electrons. The lowest BCUT2D eigenvalue weighted by Gasteiger charge is -2.28. The molecule has 102 valence electrons. The number of halogens is 1. The standard InChI is InChI=1S/C14H11FN2O2S/c15-10-1-3-12-13(7-10)19-6-5-17(12)14(18)4-2-11-8-20-9-16-11/h1-4,7-9H,5-6H2/b4-2+. The van der Waals surface area contributed by atoms with E-state index in [1.807, 2.05) is 5.38 Å². The lowest BCUT2D eigenvalue weighted by Crippen LogP contribution is -2.36. The Bertz CT molecular complexity index is 655. The summed E-state index contributed by atoms with van der Waals surface area (Å²) in [5.41, 5.74) is 3.04. The fourth-order valence-electron chi connectivity index (χ4n) is 1.97. The first-order chi connectivity index (χ1) is 9.74. The molecule has 0 spiro atoms. The third kappa shape index (κ3) is 2.55. The zero-order valence-corrected chi connectivity index (χ0v) is 11.3. The second-order valence-corrected chi connectivity index (χ2v) is 4.92. The Balaban J connectivity index is 1.83. The van der Waals surface area contributed by atoms with Crippen LogP contribution < -0.4 is 9.64 Å². The van der Waals surface area contributed by atoms with Gasteiger partial charge in [-0.15, -0.1) is 11.3 Å². The molecule has 6 heteroatoms. The third-order valence-corrected chi connectivity index (χ3v) is 3.50. The van der Waals surface area contributed by atoms with Crippen molar-refractivity contribution in [2.75, 3.05) is 18.1 Å². The second-order valence-electron chi connectivity index (χ2n) is 4.20. The normalized spacial score (nSPS) is 14.2. The summed E-state index contributed by atoms with van der Waals surface area (Å²) in [4.78, 5) is 17.9. The average Bonchev–Trinajstić information content (AvgIpc) is 2.97. The fraction of sp³-hybridized carbons (Fsp3) is 0.143. The van der Waals surface area contributed by atoms with Crippen LogP contribution in [0.4, 0.5) is 10.1 Å². The summed E-state index contributed by atoms with van der Waals surface area (Å²) in [7, 11) is 0. The number of aromatic nitrogens is 1. The van der Waals surface area contributed by atoms with Gasteiger partial charge >= 0.3 is 0 Å². The van der Waals surface area contributed by atoms with E-state index in [1.54, 1.807) is 22.6 Å². The summed E-state index contributed by atoms with van der Waals surface area (Å²) >= 11 is 1.47. The van der Waals surface area contributed by atoms with Crippen molar-refractivity contribution in [1.29, 1.82) is 0 Å². The molecule has 1 aliphatic rings. The molecule has 20 heavy (non-hydrogen) atoms. The highest BCUT2D eigenvalue weighted by atomic mass is 32.1. The average molecular weight is 290 g/mol. The van der Waals surface area contributed by atoms with Crippen LogP contribution in [0.1, 0.15) is 5.69 Å². The summed E-state index contributed by atoms with van der Waals surface area (Å²) in [5, 5.41) is 1.85. The van der Waals surface area contributed by atoms with Crippen molar-refractivity contribution in [3.63, 3.8) is 0 Å². The van der Waals surface area contributed by atoms with Gasteiger partial charge in [-0.3, -0.25) is 4.79 Å². The van der Waals surface area contributed by atoms with Gasteiger partial charge in [0.2, 0.25) is 0 Å². The molecular weight excluding hydrogens is 279 g/mol. The smallest absolute Gasteiger partial charge is 0.251 e. The van der Waals surface area contributed by atoms with E-state index in [1.165, 1.54) is 29.5 Å². The van der Waals surface area contributed by atoms with Crippen molar-refractivity contribution in [3.05, 3.63) is 46.7 Å². The summed E-state index contributed by atoms with van der Waals surface area (Å²) in [5.74, 6) is -0.156. The minimum atomic E-state index is -0.379. The molecule has 0 fully saturated rings. The van der Waals surface area contributed by atoms with Crippen LogP contribution in [-0.2, 0) is 4.79 Å². The van der Waals surface area contributed by atoms with E-state index in [0.29, 0.717) is 24.6 Å². The molecule has 0 bridgehead atoms. The number of amides is 1. The van der Waals surface area contributed by atoms with Crippen LogP contribution in [0, 0.1) is 5.82 Å². The van der Waals surface area contributed by atoms with Crippen molar-refractivity contribution in [3.8, 4) is 5.75 Å². The molecular formula is C14H11FN2O2S. The van der Waals surface area contributed by atoms with Gasteiger partial charge in [-0.2, -0.15) is 0 Å². The zero-order chi connectivity index (χ0) is 13.9. The van der Waals surface area contributed by atoms with Crippen LogP contribution in [0.15, 0.2) is 35.2 Å². The third-order valence-electron chi connectivity index (χ3n) is 2.90. The van der Waals surface area contributed by atoms with Crippen molar-refractivity contribution in [2.24, 2.45) is 0 Å². The first-order valence-electron chi connectivity index (χ1n) is 6.04. The molecule has 0 saturated heterocycles. The number of hydrogen-bond donors (Lipinski definition) is 0. The van der Waals surface area contributed by atoms with Gasteiger partial charge in [-0.05, 0) is 18.2 Å². The van der Waals surface area contributed by atoms with Gasteiger partial charge in [0.15, 0.2) is 0 Å². The minimum absolute atomic E-state index is 0.172. The Hall–Kier alpha value is -2.21. The van der Waals surface area contributed by atoms with Gasteiger partial charge in [0, 0.05) is 17.5 Å². The van der Waals surface area contributed by atoms with E-state index in [4.69, 9.17) is 4.74 Å². The second kappa shape index (κ2) is 5.42. The molecule has 4 nitrogen and oxygen atoms in total. The maximum absolute atomic E-state index is 13.2. The molecule has 0 aliphatic carbocycles. The Labute approximate surface area is 119 Å². The highest BCUT2D eigenvalue weighted by Crippen LogP contribution is 2.32. The van der Waals surface area contributed by atoms with Crippen LogP contribution in [0.2, 0.25) is 0 Å². The predicted octanol–water partition coefficient (Wildman–Crippen LogP) is 2.72. The number of nitrogens with zero attached hydrogens (tertiary/aromatic N) is 2.